The largest absolute Gasteiger partial charge is 0.368 e. The van der Waals surface area contributed by atoms with Crippen LogP contribution in [0.25, 0.3) is 0 Å². The van der Waals surface area contributed by atoms with E-state index in [9.17, 15) is 9.59 Å². The fourth-order valence-electron chi connectivity index (χ4n) is 2.00. The van der Waals surface area contributed by atoms with Crippen LogP contribution < -0.4 is 11.1 Å². The number of hydrogen-bond donors (Lipinski definition) is 2. The van der Waals surface area contributed by atoms with Gasteiger partial charge in [0.1, 0.15) is 6.04 Å². The lowest BCUT2D eigenvalue weighted by Crippen LogP contribution is -2.37. The first kappa shape index (κ1) is 14.7. The highest BCUT2D eigenvalue weighted by atomic mass is 16.2. The molecule has 1 aromatic heterocycles. The SMILES string of the molecule is NC(=O)C(NC(=O)CCc1cccnc1)c1ccccc1. The normalized spacial score (nSPS) is 11.6. The topological polar surface area (TPSA) is 85.1 Å². The van der Waals surface area contributed by atoms with Crippen LogP contribution in [0.4, 0.5) is 0 Å². The standard InChI is InChI=1S/C16H17N3O2/c17-16(21)15(13-6-2-1-3-7-13)19-14(20)9-8-12-5-4-10-18-11-12/h1-7,10-11,15H,8-9H2,(H2,17,21)(H,19,20). The molecule has 0 aliphatic rings. The second-order valence-electron chi connectivity index (χ2n) is 4.67. The average molecular weight is 283 g/mol. The predicted octanol–water partition coefficient (Wildman–Crippen LogP) is 1.36. The molecule has 5 heteroatoms. The molecule has 0 spiro atoms. The Morgan fingerprint density at radius 1 is 1.14 bits per heavy atom. The van der Waals surface area contributed by atoms with Crippen LogP contribution in [0.2, 0.25) is 0 Å². The minimum absolute atomic E-state index is 0.216. The quantitative estimate of drug-likeness (QED) is 0.839. The third-order valence-electron chi connectivity index (χ3n) is 3.09. The molecule has 1 aromatic carbocycles. The van der Waals surface area contributed by atoms with Crippen LogP contribution >= 0.6 is 0 Å². The summed E-state index contributed by atoms with van der Waals surface area (Å²) in [5.41, 5.74) is 7.02. The van der Waals surface area contributed by atoms with Crippen LogP contribution in [0.15, 0.2) is 54.9 Å². The van der Waals surface area contributed by atoms with Crippen LogP contribution in [0.5, 0.6) is 0 Å². The number of amides is 2. The number of benzene rings is 1. The molecule has 1 atom stereocenters. The van der Waals surface area contributed by atoms with Gasteiger partial charge in [0.25, 0.3) is 0 Å². The van der Waals surface area contributed by atoms with Crippen molar-refractivity contribution in [1.82, 2.24) is 10.3 Å². The summed E-state index contributed by atoms with van der Waals surface area (Å²) in [7, 11) is 0. The van der Waals surface area contributed by atoms with Gasteiger partial charge in [-0.3, -0.25) is 14.6 Å². The Hall–Kier alpha value is -2.69. The number of nitrogens with two attached hydrogens (primary N) is 1. The molecule has 5 nitrogen and oxygen atoms in total. The lowest BCUT2D eigenvalue weighted by molar-refractivity contribution is -0.127. The van der Waals surface area contributed by atoms with Crippen molar-refractivity contribution in [2.45, 2.75) is 18.9 Å². The van der Waals surface area contributed by atoms with Crippen molar-refractivity contribution in [3.05, 3.63) is 66.0 Å². The summed E-state index contributed by atoms with van der Waals surface area (Å²) in [6.07, 6.45) is 4.25. The molecule has 0 aliphatic carbocycles. The van der Waals surface area contributed by atoms with Crippen molar-refractivity contribution in [3.8, 4) is 0 Å². The minimum atomic E-state index is -0.799. The van der Waals surface area contributed by atoms with Crippen molar-refractivity contribution < 1.29 is 9.59 Å². The Balaban J connectivity index is 1.95. The molecule has 108 valence electrons. The maximum atomic E-state index is 12.0. The van der Waals surface area contributed by atoms with Crippen LogP contribution in [-0.2, 0) is 16.0 Å². The Labute approximate surface area is 123 Å². The molecule has 2 amide bonds. The van der Waals surface area contributed by atoms with E-state index < -0.39 is 11.9 Å². The van der Waals surface area contributed by atoms with Crippen molar-refractivity contribution in [2.75, 3.05) is 0 Å². The van der Waals surface area contributed by atoms with E-state index in [1.54, 1.807) is 36.7 Å². The van der Waals surface area contributed by atoms with Crippen LogP contribution in [-0.4, -0.2) is 16.8 Å². The van der Waals surface area contributed by atoms with Gasteiger partial charge in [-0.25, -0.2) is 0 Å². The summed E-state index contributed by atoms with van der Waals surface area (Å²) >= 11 is 0. The van der Waals surface area contributed by atoms with E-state index in [2.05, 4.69) is 10.3 Å². The monoisotopic (exact) mass is 283 g/mol. The molecule has 3 N–H and O–H groups in total. The Kier molecular flexibility index (Phi) is 5.04. The summed E-state index contributed by atoms with van der Waals surface area (Å²) in [5.74, 6) is -0.789. The van der Waals surface area contributed by atoms with E-state index in [4.69, 9.17) is 5.73 Å². The molecule has 1 heterocycles. The van der Waals surface area contributed by atoms with E-state index in [0.29, 0.717) is 12.0 Å². The molecule has 1 unspecified atom stereocenters. The minimum Gasteiger partial charge on any atom is -0.368 e. The highest BCUT2D eigenvalue weighted by Gasteiger charge is 2.19. The van der Waals surface area contributed by atoms with Crippen LogP contribution in [0, 0.1) is 0 Å². The molecule has 2 rings (SSSR count). The Bertz CT molecular complexity index is 599. The van der Waals surface area contributed by atoms with Crippen LogP contribution in [0.1, 0.15) is 23.6 Å². The number of pyridine rings is 1. The first-order valence-corrected chi connectivity index (χ1v) is 6.69. The number of carbonyl (C=O) groups is 2. The molecule has 21 heavy (non-hydrogen) atoms. The predicted molar refractivity (Wildman–Crippen MR) is 79.1 cm³/mol. The first-order chi connectivity index (χ1) is 10.2. The number of primary amides is 1. The van der Waals surface area contributed by atoms with Crippen LogP contribution in [0.3, 0.4) is 0 Å². The van der Waals surface area contributed by atoms with Crippen molar-refractivity contribution in [1.29, 1.82) is 0 Å². The molecule has 0 bridgehead atoms. The summed E-state index contributed by atoms with van der Waals surface area (Å²) in [4.78, 5) is 27.5. The summed E-state index contributed by atoms with van der Waals surface area (Å²) in [6, 6.07) is 11.9. The number of aromatic nitrogens is 1. The second kappa shape index (κ2) is 7.19. The van der Waals surface area contributed by atoms with Crippen molar-refractivity contribution in [2.24, 2.45) is 5.73 Å². The van der Waals surface area contributed by atoms with Gasteiger partial charge < -0.3 is 11.1 Å². The number of carbonyl (C=O) groups excluding carboxylic acids is 2. The molecule has 0 saturated heterocycles. The smallest absolute Gasteiger partial charge is 0.244 e. The molecule has 0 fully saturated rings. The molecule has 0 aliphatic heterocycles. The average Bonchev–Trinajstić information content (AvgIpc) is 2.52. The maximum absolute atomic E-state index is 12.0. The molecular weight excluding hydrogens is 266 g/mol. The molecule has 2 aromatic rings. The highest BCUT2D eigenvalue weighted by Crippen LogP contribution is 2.12. The van der Waals surface area contributed by atoms with E-state index in [1.165, 1.54) is 0 Å². The van der Waals surface area contributed by atoms with E-state index >= 15 is 0 Å². The zero-order valence-corrected chi connectivity index (χ0v) is 11.5. The van der Waals surface area contributed by atoms with Gasteiger partial charge in [-0.1, -0.05) is 36.4 Å². The van der Waals surface area contributed by atoms with Gasteiger partial charge in [-0.2, -0.15) is 0 Å². The van der Waals surface area contributed by atoms with Gasteiger partial charge in [0, 0.05) is 18.8 Å². The Morgan fingerprint density at radius 2 is 1.90 bits per heavy atom. The maximum Gasteiger partial charge on any atom is 0.244 e. The van der Waals surface area contributed by atoms with E-state index in [-0.39, 0.29) is 12.3 Å². The summed E-state index contributed by atoms with van der Waals surface area (Å²) in [5, 5.41) is 2.67. The fraction of sp³-hybridized carbons (Fsp3) is 0.188. The highest BCUT2D eigenvalue weighted by molar-refractivity contribution is 5.87. The number of hydrogen-bond acceptors (Lipinski definition) is 3. The second-order valence-corrected chi connectivity index (χ2v) is 4.67. The van der Waals surface area contributed by atoms with E-state index in [1.807, 2.05) is 18.2 Å². The lowest BCUT2D eigenvalue weighted by atomic mass is 10.1. The zero-order chi connectivity index (χ0) is 15.1. The van der Waals surface area contributed by atoms with Gasteiger partial charge in [0.05, 0.1) is 0 Å². The van der Waals surface area contributed by atoms with E-state index in [0.717, 1.165) is 5.56 Å². The fourth-order valence-corrected chi connectivity index (χ4v) is 2.00. The zero-order valence-electron chi connectivity index (χ0n) is 11.5. The summed E-state index contributed by atoms with van der Waals surface area (Å²) in [6.45, 7) is 0. The van der Waals surface area contributed by atoms with Crippen molar-refractivity contribution >= 4 is 11.8 Å². The number of nitrogens with one attached hydrogen (secondary N) is 1. The van der Waals surface area contributed by atoms with Gasteiger partial charge in [0.2, 0.25) is 11.8 Å². The number of aryl methyl sites for hydroxylation is 1. The Morgan fingerprint density at radius 3 is 2.52 bits per heavy atom. The summed E-state index contributed by atoms with van der Waals surface area (Å²) < 4.78 is 0. The third-order valence-corrected chi connectivity index (χ3v) is 3.09. The molecule has 0 saturated carbocycles. The molecule has 0 radical (unpaired) electrons. The molecular formula is C16H17N3O2. The number of rotatable bonds is 6. The van der Waals surface area contributed by atoms with Gasteiger partial charge in [-0.15, -0.1) is 0 Å². The lowest BCUT2D eigenvalue weighted by Gasteiger charge is -2.15. The van der Waals surface area contributed by atoms with Gasteiger partial charge >= 0.3 is 0 Å². The number of nitrogens with zero attached hydrogens (tertiary/aromatic N) is 1. The van der Waals surface area contributed by atoms with Gasteiger partial charge in [0.15, 0.2) is 0 Å². The van der Waals surface area contributed by atoms with Crippen molar-refractivity contribution in [3.63, 3.8) is 0 Å². The third kappa shape index (κ3) is 4.42. The van der Waals surface area contributed by atoms with Gasteiger partial charge in [-0.05, 0) is 23.6 Å². The first-order valence-electron chi connectivity index (χ1n) is 6.69.